The topological polar surface area (TPSA) is 49.3 Å². The minimum absolute atomic E-state index is 0.00564. The molecular weight excluding hydrogens is 300 g/mol. The zero-order valence-electron chi connectivity index (χ0n) is 13.4. The van der Waals surface area contributed by atoms with Crippen LogP contribution in [-0.2, 0) is 4.79 Å². The molecule has 1 fully saturated rings. The van der Waals surface area contributed by atoms with Gasteiger partial charge in [-0.05, 0) is 24.8 Å². The molecule has 1 unspecified atom stereocenters. The van der Waals surface area contributed by atoms with Gasteiger partial charge in [-0.15, -0.1) is 0 Å². The standard InChI is InChI=1S/C18H25F2NO2/c19-14-9-10-15(16(20)11-14)17(22)12-21-18(23)8-4-7-13-5-2-1-3-6-13/h9-11,13,17,22H,1-8,12H2,(H,21,23). The molecule has 2 N–H and O–H groups in total. The number of halogens is 2. The number of amides is 1. The summed E-state index contributed by atoms with van der Waals surface area (Å²) in [5.41, 5.74) is -0.00564. The lowest BCUT2D eigenvalue weighted by molar-refractivity contribution is -0.121. The van der Waals surface area contributed by atoms with Crippen molar-refractivity contribution < 1.29 is 18.7 Å². The molecule has 0 radical (unpaired) electrons. The second kappa shape index (κ2) is 8.96. The lowest BCUT2D eigenvalue weighted by Gasteiger charge is -2.21. The second-order valence-corrected chi connectivity index (χ2v) is 6.38. The number of nitrogens with one attached hydrogen (secondary N) is 1. The van der Waals surface area contributed by atoms with Gasteiger partial charge in [0.2, 0.25) is 5.91 Å². The highest BCUT2D eigenvalue weighted by Crippen LogP contribution is 2.27. The van der Waals surface area contributed by atoms with Gasteiger partial charge in [0.15, 0.2) is 0 Å². The number of aliphatic hydroxyl groups excluding tert-OH is 1. The minimum Gasteiger partial charge on any atom is -0.386 e. The van der Waals surface area contributed by atoms with Crippen LogP contribution in [0.25, 0.3) is 0 Å². The summed E-state index contributed by atoms with van der Waals surface area (Å²) in [4.78, 5) is 11.8. The van der Waals surface area contributed by atoms with Crippen molar-refractivity contribution in [3.63, 3.8) is 0 Å². The molecule has 1 amide bonds. The third-order valence-electron chi connectivity index (χ3n) is 4.56. The van der Waals surface area contributed by atoms with Crippen LogP contribution >= 0.6 is 0 Å². The number of carbonyl (C=O) groups excluding carboxylic acids is 1. The largest absolute Gasteiger partial charge is 0.386 e. The molecule has 128 valence electrons. The lowest BCUT2D eigenvalue weighted by Crippen LogP contribution is -2.28. The SMILES string of the molecule is O=C(CCCC1CCCCC1)NCC(O)c1ccc(F)cc1F. The maximum Gasteiger partial charge on any atom is 0.220 e. The van der Waals surface area contributed by atoms with E-state index in [-0.39, 0.29) is 18.0 Å². The van der Waals surface area contributed by atoms with Crippen molar-refractivity contribution in [3.8, 4) is 0 Å². The Kier molecular flexibility index (Phi) is 6.96. The molecule has 1 aromatic rings. The Labute approximate surface area is 136 Å². The van der Waals surface area contributed by atoms with Gasteiger partial charge in [0.1, 0.15) is 11.6 Å². The second-order valence-electron chi connectivity index (χ2n) is 6.38. The van der Waals surface area contributed by atoms with E-state index in [2.05, 4.69) is 5.32 Å². The van der Waals surface area contributed by atoms with E-state index in [1.165, 1.54) is 38.2 Å². The van der Waals surface area contributed by atoms with Gasteiger partial charge < -0.3 is 10.4 Å². The zero-order chi connectivity index (χ0) is 16.7. The summed E-state index contributed by atoms with van der Waals surface area (Å²) in [6, 6.07) is 3.02. The molecule has 5 heteroatoms. The molecule has 1 aliphatic carbocycles. The van der Waals surface area contributed by atoms with Gasteiger partial charge in [-0.2, -0.15) is 0 Å². The van der Waals surface area contributed by atoms with Crippen LogP contribution in [0, 0.1) is 17.6 Å². The molecule has 1 aromatic carbocycles. The molecule has 0 saturated heterocycles. The summed E-state index contributed by atoms with van der Waals surface area (Å²) in [5.74, 6) is -0.882. The van der Waals surface area contributed by atoms with E-state index in [1.807, 2.05) is 0 Å². The van der Waals surface area contributed by atoms with Gasteiger partial charge >= 0.3 is 0 Å². The van der Waals surface area contributed by atoms with E-state index >= 15 is 0 Å². The number of benzene rings is 1. The minimum atomic E-state index is -1.17. The first-order valence-corrected chi connectivity index (χ1v) is 8.46. The third-order valence-corrected chi connectivity index (χ3v) is 4.56. The number of aliphatic hydroxyl groups is 1. The van der Waals surface area contributed by atoms with Gasteiger partial charge in [0.25, 0.3) is 0 Å². The van der Waals surface area contributed by atoms with Crippen LogP contribution in [0.3, 0.4) is 0 Å². The van der Waals surface area contributed by atoms with E-state index in [4.69, 9.17) is 0 Å². The first-order valence-electron chi connectivity index (χ1n) is 8.46. The van der Waals surface area contributed by atoms with Crippen LogP contribution in [-0.4, -0.2) is 17.6 Å². The molecule has 3 nitrogen and oxygen atoms in total. The van der Waals surface area contributed by atoms with Crippen LogP contribution < -0.4 is 5.32 Å². The monoisotopic (exact) mass is 325 g/mol. The molecule has 2 rings (SSSR count). The smallest absolute Gasteiger partial charge is 0.220 e. The molecule has 0 bridgehead atoms. The van der Waals surface area contributed by atoms with Crippen molar-refractivity contribution in [1.82, 2.24) is 5.32 Å². The zero-order valence-corrected chi connectivity index (χ0v) is 13.4. The molecule has 23 heavy (non-hydrogen) atoms. The normalized spacial score (nSPS) is 17.0. The molecule has 1 aliphatic rings. The van der Waals surface area contributed by atoms with Crippen LogP contribution in [0.2, 0.25) is 0 Å². The van der Waals surface area contributed by atoms with Crippen LogP contribution in [0.1, 0.15) is 63.0 Å². The highest BCUT2D eigenvalue weighted by Gasteiger charge is 2.16. The molecule has 0 aliphatic heterocycles. The average Bonchev–Trinajstić information content (AvgIpc) is 2.53. The van der Waals surface area contributed by atoms with Crippen molar-refractivity contribution in [2.24, 2.45) is 5.92 Å². The highest BCUT2D eigenvalue weighted by molar-refractivity contribution is 5.75. The Balaban J connectivity index is 1.67. The Hall–Kier alpha value is -1.49. The summed E-state index contributed by atoms with van der Waals surface area (Å²) in [6.07, 6.45) is 7.63. The summed E-state index contributed by atoms with van der Waals surface area (Å²) < 4.78 is 26.3. The summed E-state index contributed by atoms with van der Waals surface area (Å²) in [5, 5.41) is 12.5. The van der Waals surface area contributed by atoms with E-state index in [0.717, 1.165) is 30.9 Å². The van der Waals surface area contributed by atoms with Crippen molar-refractivity contribution in [2.45, 2.75) is 57.5 Å². The van der Waals surface area contributed by atoms with E-state index < -0.39 is 17.7 Å². The number of hydrogen-bond acceptors (Lipinski definition) is 2. The predicted molar refractivity (Wildman–Crippen MR) is 84.8 cm³/mol. The van der Waals surface area contributed by atoms with Gasteiger partial charge in [0, 0.05) is 24.6 Å². The maximum atomic E-state index is 13.5. The van der Waals surface area contributed by atoms with E-state index in [9.17, 15) is 18.7 Å². The number of carbonyl (C=O) groups is 1. The molecular formula is C18H25F2NO2. The Morgan fingerprint density at radius 3 is 2.70 bits per heavy atom. The predicted octanol–water partition coefficient (Wildman–Crippen LogP) is 3.87. The summed E-state index contributed by atoms with van der Waals surface area (Å²) in [6.45, 7) is -0.0647. The lowest BCUT2D eigenvalue weighted by atomic mass is 9.86. The Bertz CT molecular complexity index is 516. The van der Waals surface area contributed by atoms with Crippen molar-refractivity contribution in [2.75, 3.05) is 6.54 Å². The molecule has 1 atom stereocenters. The fourth-order valence-electron chi connectivity index (χ4n) is 3.21. The Morgan fingerprint density at radius 2 is 2.00 bits per heavy atom. The van der Waals surface area contributed by atoms with E-state index in [0.29, 0.717) is 6.42 Å². The van der Waals surface area contributed by atoms with E-state index in [1.54, 1.807) is 0 Å². The quantitative estimate of drug-likeness (QED) is 0.799. The fraction of sp³-hybridized carbons (Fsp3) is 0.611. The van der Waals surface area contributed by atoms with Crippen LogP contribution in [0.4, 0.5) is 8.78 Å². The van der Waals surface area contributed by atoms with Gasteiger partial charge in [-0.3, -0.25) is 4.79 Å². The van der Waals surface area contributed by atoms with Gasteiger partial charge in [-0.1, -0.05) is 38.2 Å². The van der Waals surface area contributed by atoms with Crippen LogP contribution in [0.15, 0.2) is 18.2 Å². The maximum absolute atomic E-state index is 13.5. The molecule has 0 aromatic heterocycles. The summed E-state index contributed by atoms with van der Waals surface area (Å²) >= 11 is 0. The van der Waals surface area contributed by atoms with Gasteiger partial charge in [-0.25, -0.2) is 8.78 Å². The van der Waals surface area contributed by atoms with Crippen molar-refractivity contribution in [1.29, 1.82) is 0 Å². The molecule has 0 heterocycles. The average molecular weight is 325 g/mol. The number of hydrogen-bond donors (Lipinski definition) is 2. The third kappa shape index (κ3) is 5.90. The van der Waals surface area contributed by atoms with Crippen molar-refractivity contribution >= 4 is 5.91 Å². The fourth-order valence-corrected chi connectivity index (χ4v) is 3.21. The highest BCUT2D eigenvalue weighted by atomic mass is 19.1. The number of rotatable bonds is 7. The van der Waals surface area contributed by atoms with Crippen LogP contribution in [0.5, 0.6) is 0 Å². The Morgan fingerprint density at radius 1 is 1.26 bits per heavy atom. The molecule has 0 spiro atoms. The molecule has 1 saturated carbocycles. The van der Waals surface area contributed by atoms with Gasteiger partial charge in [0.05, 0.1) is 6.10 Å². The first kappa shape index (κ1) is 17.9. The summed E-state index contributed by atoms with van der Waals surface area (Å²) in [7, 11) is 0. The first-order chi connectivity index (χ1) is 11.1. The van der Waals surface area contributed by atoms with Crippen molar-refractivity contribution in [3.05, 3.63) is 35.4 Å².